The molecule has 0 atom stereocenters. The van der Waals surface area contributed by atoms with Gasteiger partial charge in [-0.05, 0) is 0 Å². The van der Waals surface area contributed by atoms with Gasteiger partial charge >= 0.3 is 22.4 Å². The Morgan fingerprint density at radius 3 is 1.29 bits per heavy atom. The van der Waals surface area contributed by atoms with Gasteiger partial charge in [-0.15, -0.1) is 34.8 Å². The van der Waals surface area contributed by atoms with Crippen LogP contribution in [0.15, 0.2) is 0 Å². The van der Waals surface area contributed by atoms with Crippen LogP contribution in [-0.2, 0) is 22.4 Å². The Bertz CT molecular complexity index is 39.4. The normalized spacial score (nSPS) is 10.3. The second-order valence-electron chi connectivity index (χ2n) is 0.651. The van der Waals surface area contributed by atoms with E-state index in [4.69, 9.17) is 46.4 Å². The Morgan fingerprint density at radius 1 is 1.14 bits per heavy atom. The monoisotopic (exact) mass is 362 g/mol. The first kappa shape index (κ1) is 11.7. The molecular formula is C2HAuCl4. The molecule has 0 heterocycles. The van der Waals surface area contributed by atoms with Crippen LogP contribution in [0.3, 0.4) is 0 Å². The molecule has 0 fully saturated rings. The Hall–Kier alpha value is 1.90. The van der Waals surface area contributed by atoms with Crippen LogP contribution in [0.5, 0.6) is 0 Å². The minimum Gasteiger partial charge on any atom is -0.345 e. The maximum Gasteiger partial charge on any atom is 1.00 e. The second kappa shape index (κ2) is 4.75. The van der Waals surface area contributed by atoms with Crippen molar-refractivity contribution in [3.63, 3.8) is 0 Å². The van der Waals surface area contributed by atoms with Crippen molar-refractivity contribution in [3.05, 3.63) is 5.88 Å². The van der Waals surface area contributed by atoms with Crippen molar-refractivity contribution in [1.82, 2.24) is 0 Å². The van der Waals surface area contributed by atoms with Gasteiger partial charge in [-0.3, -0.25) is 0 Å². The van der Waals surface area contributed by atoms with Gasteiger partial charge in [-0.25, -0.2) is 0 Å². The average Bonchev–Trinajstić information content (AvgIpc) is 1.35. The smallest absolute Gasteiger partial charge is 0.345 e. The fraction of sp³-hybridized carbons (Fsp3) is 0.500. The molecule has 0 amide bonds. The minimum atomic E-state index is -1.40. The number of alkyl halides is 3. The fourth-order valence-electron chi connectivity index (χ4n) is 0. The van der Waals surface area contributed by atoms with Crippen LogP contribution in [0.25, 0.3) is 0 Å². The molecule has 0 aromatic rings. The maximum absolute atomic E-state index is 5.06. The summed E-state index contributed by atoms with van der Waals surface area (Å²) in [5.74, 6) is 0.956. The predicted octanol–water partition coefficient (Wildman–Crippen LogP) is 2.75. The third kappa shape index (κ3) is 11.5. The SMILES string of the molecule is Cl[CH-]C(Cl)(Cl)Cl.[Au+]. The maximum atomic E-state index is 5.06. The van der Waals surface area contributed by atoms with Crippen molar-refractivity contribution in [2.75, 3.05) is 0 Å². The van der Waals surface area contributed by atoms with Crippen LogP contribution in [0.1, 0.15) is 0 Å². The second-order valence-corrected chi connectivity index (χ2v) is 3.24. The molecule has 0 saturated heterocycles. The van der Waals surface area contributed by atoms with Gasteiger partial charge < -0.3 is 11.6 Å². The molecule has 0 aliphatic rings. The molecule has 0 unspecified atom stereocenters. The van der Waals surface area contributed by atoms with Gasteiger partial charge in [0.15, 0.2) is 0 Å². The molecule has 0 N–H and O–H groups in total. The van der Waals surface area contributed by atoms with Gasteiger partial charge in [0.05, 0.1) is 3.79 Å². The summed E-state index contributed by atoms with van der Waals surface area (Å²) in [5.41, 5.74) is 0. The topological polar surface area (TPSA) is 0 Å². The molecule has 48 valence electrons. The third-order valence-corrected chi connectivity index (χ3v) is 1.11. The van der Waals surface area contributed by atoms with Crippen LogP contribution in [0.2, 0.25) is 0 Å². The van der Waals surface area contributed by atoms with E-state index in [0.29, 0.717) is 0 Å². The van der Waals surface area contributed by atoms with Gasteiger partial charge in [-0.2, -0.15) is 5.88 Å². The zero-order valence-corrected chi connectivity index (χ0v) is 8.08. The first-order chi connectivity index (χ1) is 2.56. The van der Waals surface area contributed by atoms with Crippen molar-refractivity contribution in [3.8, 4) is 0 Å². The van der Waals surface area contributed by atoms with Gasteiger partial charge in [0.1, 0.15) is 0 Å². The first-order valence-electron chi connectivity index (χ1n) is 1.07. The van der Waals surface area contributed by atoms with Crippen LogP contribution in [-0.4, -0.2) is 3.79 Å². The molecule has 0 aromatic carbocycles. The van der Waals surface area contributed by atoms with E-state index in [1.165, 1.54) is 0 Å². The molecule has 0 aliphatic heterocycles. The van der Waals surface area contributed by atoms with Crippen molar-refractivity contribution in [2.24, 2.45) is 0 Å². The number of hydrogen-bond acceptors (Lipinski definition) is 0. The first-order valence-corrected chi connectivity index (χ1v) is 2.64. The van der Waals surface area contributed by atoms with Crippen LogP contribution in [0, 0.1) is 5.88 Å². The van der Waals surface area contributed by atoms with Crippen LogP contribution >= 0.6 is 46.4 Å². The number of halogens is 4. The van der Waals surface area contributed by atoms with E-state index in [2.05, 4.69) is 0 Å². The van der Waals surface area contributed by atoms with Crippen molar-refractivity contribution in [1.29, 1.82) is 0 Å². The minimum absolute atomic E-state index is 0. The molecule has 0 bridgehead atoms. The van der Waals surface area contributed by atoms with Gasteiger partial charge in [-0.1, -0.05) is 0 Å². The molecule has 0 nitrogen and oxygen atoms in total. The Balaban J connectivity index is 0. The Morgan fingerprint density at radius 2 is 1.29 bits per heavy atom. The van der Waals surface area contributed by atoms with E-state index in [0.717, 1.165) is 5.88 Å². The third-order valence-electron chi connectivity index (χ3n) is 0.124. The molecule has 0 aliphatic carbocycles. The molecular weight excluding hydrogens is 363 g/mol. The van der Waals surface area contributed by atoms with Crippen molar-refractivity contribution in [2.45, 2.75) is 3.79 Å². The summed E-state index contributed by atoms with van der Waals surface area (Å²) in [6.07, 6.45) is 0. The molecule has 7 heavy (non-hydrogen) atoms. The van der Waals surface area contributed by atoms with Crippen LogP contribution < -0.4 is 0 Å². The molecule has 0 rings (SSSR count). The number of rotatable bonds is 0. The number of hydrogen-bond donors (Lipinski definition) is 0. The van der Waals surface area contributed by atoms with Gasteiger partial charge in [0, 0.05) is 0 Å². The Labute approximate surface area is 78.0 Å². The summed E-state index contributed by atoms with van der Waals surface area (Å²) in [4.78, 5) is 0. The summed E-state index contributed by atoms with van der Waals surface area (Å²) < 4.78 is -1.40. The van der Waals surface area contributed by atoms with E-state index in [1.807, 2.05) is 0 Å². The zero-order chi connectivity index (χ0) is 5.21. The predicted molar refractivity (Wildman–Crippen MR) is 30.4 cm³/mol. The summed E-state index contributed by atoms with van der Waals surface area (Å²) in [6.45, 7) is 0. The summed E-state index contributed by atoms with van der Waals surface area (Å²) in [7, 11) is 0. The molecule has 0 radical (unpaired) electrons. The molecule has 5 heteroatoms. The largest absolute Gasteiger partial charge is 1.00 e. The fourth-order valence-corrected chi connectivity index (χ4v) is 0. The molecule has 0 saturated carbocycles. The molecule has 0 spiro atoms. The van der Waals surface area contributed by atoms with Gasteiger partial charge in [0.25, 0.3) is 0 Å². The van der Waals surface area contributed by atoms with Crippen molar-refractivity contribution >= 4 is 46.4 Å². The summed E-state index contributed by atoms with van der Waals surface area (Å²) in [5, 5.41) is 0. The molecule has 0 aromatic heterocycles. The van der Waals surface area contributed by atoms with E-state index >= 15 is 0 Å². The summed E-state index contributed by atoms with van der Waals surface area (Å²) >= 11 is 20.1. The Kier molecular flexibility index (Phi) is 7.91. The van der Waals surface area contributed by atoms with E-state index in [9.17, 15) is 0 Å². The van der Waals surface area contributed by atoms with E-state index < -0.39 is 3.79 Å². The summed E-state index contributed by atoms with van der Waals surface area (Å²) in [6, 6.07) is 0. The van der Waals surface area contributed by atoms with E-state index in [-0.39, 0.29) is 22.4 Å². The van der Waals surface area contributed by atoms with E-state index in [1.54, 1.807) is 0 Å². The standard InChI is InChI=1S/C2HCl4.Au/c3-1-2(4,5)6;/h1H;/q-1;+1. The quantitative estimate of drug-likeness (QED) is 0.353. The van der Waals surface area contributed by atoms with Crippen LogP contribution in [0.4, 0.5) is 0 Å². The van der Waals surface area contributed by atoms with Gasteiger partial charge in [0.2, 0.25) is 0 Å². The zero-order valence-electron chi connectivity index (χ0n) is 2.89. The average molecular weight is 364 g/mol. The van der Waals surface area contributed by atoms with Crippen molar-refractivity contribution < 1.29 is 22.4 Å².